The summed E-state index contributed by atoms with van der Waals surface area (Å²) >= 11 is 0. The number of ether oxygens (including phenoxy) is 1. The van der Waals surface area contributed by atoms with Gasteiger partial charge in [0.2, 0.25) is 0 Å². The highest BCUT2D eigenvalue weighted by Crippen LogP contribution is 1.98. The Labute approximate surface area is 81.5 Å². The summed E-state index contributed by atoms with van der Waals surface area (Å²) in [5.41, 5.74) is 0.179. The highest BCUT2D eigenvalue weighted by Gasteiger charge is 2.10. The highest BCUT2D eigenvalue weighted by atomic mass is 16.5. The Balaban J connectivity index is 2.55. The van der Waals surface area contributed by atoms with Gasteiger partial charge in [0.15, 0.2) is 5.69 Å². The van der Waals surface area contributed by atoms with Gasteiger partial charge in [0.25, 0.3) is 0 Å². The first-order valence-corrected chi connectivity index (χ1v) is 4.30. The zero-order chi connectivity index (χ0) is 10.6. The standard InChI is InChI=1S/C8H13N3O3/c1-6(12)3-4-11-5-7(9-10-11)8(13)14-2/h5-6,12H,3-4H2,1-2H3. The van der Waals surface area contributed by atoms with E-state index in [-0.39, 0.29) is 11.8 Å². The van der Waals surface area contributed by atoms with Gasteiger partial charge in [-0.05, 0) is 13.3 Å². The molecule has 1 rings (SSSR count). The number of aliphatic hydroxyl groups is 1. The Kier molecular flexibility index (Phi) is 3.58. The van der Waals surface area contributed by atoms with Crippen molar-refractivity contribution in [3.8, 4) is 0 Å². The molecule has 1 heterocycles. The summed E-state index contributed by atoms with van der Waals surface area (Å²) in [6.07, 6.45) is 1.68. The van der Waals surface area contributed by atoms with Gasteiger partial charge in [-0.25, -0.2) is 4.79 Å². The molecule has 0 aromatic carbocycles. The maximum Gasteiger partial charge on any atom is 0.360 e. The number of methoxy groups -OCH3 is 1. The van der Waals surface area contributed by atoms with E-state index in [1.54, 1.807) is 6.92 Å². The molecule has 78 valence electrons. The molecule has 0 saturated heterocycles. The Morgan fingerprint density at radius 2 is 2.50 bits per heavy atom. The van der Waals surface area contributed by atoms with Crippen LogP contribution in [-0.2, 0) is 11.3 Å². The summed E-state index contributed by atoms with van der Waals surface area (Å²) in [4.78, 5) is 11.0. The SMILES string of the molecule is COC(=O)c1cn(CCC(C)O)nn1. The molecule has 0 aliphatic rings. The van der Waals surface area contributed by atoms with E-state index in [1.165, 1.54) is 18.0 Å². The van der Waals surface area contributed by atoms with E-state index in [4.69, 9.17) is 5.11 Å². The molecular weight excluding hydrogens is 186 g/mol. The van der Waals surface area contributed by atoms with Crippen LogP contribution in [0.1, 0.15) is 23.8 Å². The molecule has 0 aliphatic carbocycles. The first-order valence-electron chi connectivity index (χ1n) is 4.30. The largest absolute Gasteiger partial charge is 0.464 e. The zero-order valence-corrected chi connectivity index (χ0v) is 8.17. The van der Waals surface area contributed by atoms with Crippen LogP contribution in [0.25, 0.3) is 0 Å². The minimum atomic E-state index is -0.506. The van der Waals surface area contributed by atoms with E-state index in [0.29, 0.717) is 13.0 Å². The number of hydrogen-bond donors (Lipinski definition) is 1. The van der Waals surface area contributed by atoms with E-state index in [1.807, 2.05) is 0 Å². The van der Waals surface area contributed by atoms with E-state index in [9.17, 15) is 4.79 Å². The van der Waals surface area contributed by atoms with Crippen molar-refractivity contribution in [2.45, 2.75) is 26.0 Å². The number of nitrogens with zero attached hydrogens (tertiary/aromatic N) is 3. The van der Waals surface area contributed by atoms with Gasteiger partial charge in [-0.1, -0.05) is 5.21 Å². The Bertz CT molecular complexity index is 309. The molecular formula is C8H13N3O3. The summed E-state index contributed by atoms with van der Waals surface area (Å²) < 4.78 is 5.97. The third-order valence-corrected chi connectivity index (χ3v) is 1.71. The van der Waals surface area contributed by atoms with E-state index in [0.717, 1.165) is 0 Å². The Hall–Kier alpha value is -1.43. The van der Waals surface area contributed by atoms with Gasteiger partial charge >= 0.3 is 5.97 Å². The molecule has 0 amide bonds. The average molecular weight is 199 g/mol. The first kappa shape index (κ1) is 10.6. The first-order chi connectivity index (χ1) is 6.63. The molecule has 1 aromatic heterocycles. The van der Waals surface area contributed by atoms with Crippen molar-refractivity contribution < 1.29 is 14.6 Å². The smallest absolute Gasteiger partial charge is 0.360 e. The van der Waals surface area contributed by atoms with Crippen molar-refractivity contribution in [2.24, 2.45) is 0 Å². The topological polar surface area (TPSA) is 77.2 Å². The van der Waals surface area contributed by atoms with E-state index < -0.39 is 5.97 Å². The number of hydrogen-bond acceptors (Lipinski definition) is 5. The van der Waals surface area contributed by atoms with Crippen molar-refractivity contribution in [2.75, 3.05) is 7.11 Å². The second-order valence-electron chi connectivity index (χ2n) is 3.00. The van der Waals surface area contributed by atoms with Crippen LogP contribution in [0.5, 0.6) is 0 Å². The van der Waals surface area contributed by atoms with Crippen molar-refractivity contribution in [1.82, 2.24) is 15.0 Å². The molecule has 0 fully saturated rings. The molecule has 6 nitrogen and oxygen atoms in total. The molecule has 0 spiro atoms. The summed E-state index contributed by atoms with van der Waals surface area (Å²) in [6.45, 7) is 2.22. The maximum atomic E-state index is 11.0. The second-order valence-corrected chi connectivity index (χ2v) is 3.00. The van der Waals surface area contributed by atoms with Crippen LogP contribution in [0, 0.1) is 0 Å². The minimum absolute atomic E-state index is 0.179. The molecule has 0 bridgehead atoms. The third kappa shape index (κ3) is 2.81. The van der Waals surface area contributed by atoms with Gasteiger partial charge in [0, 0.05) is 6.54 Å². The number of rotatable bonds is 4. The molecule has 6 heteroatoms. The van der Waals surface area contributed by atoms with Crippen molar-refractivity contribution in [3.63, 3.8) is 0 Å². The highest BCUT2D eigenvalue weighted by molar-refractivity contribution is 5.86. The lowest BCUT2D eigenvalue weighted by Gasteiger charge is -2.01. The third-order valence-electron chi connectivity index (χ3n) is 1.71. The molecule has 0 radical (unpaired) electrons. The fourth-order valence-corrected chi connectivity index (χ4v) is 0.925. The molecule has 0 aliphatic heterocycles. The van der Waals surface area contributed by atoms with Crippen molar-refractivity contribution in [3.05, 3.63) is 11.9 Å². The van der Waals surface area contributed by atoms with Crippen LogP contribution < -0.4 is 0 Å². The number of aliphatic hydroxyl groups excluding tert-OH is 1. The Morgan fingerprint density at radius 3 is 3.07 bits per heavy atom. The van der Waals surface area contributed by atoms with E-state index >= 15 is 0 Å². The van der Waals surface area contributed by atoms with Gasteiger partial charge in [0.05, 0.1) is 19.4 Å². The molecule has 0 saturated carbocycles. The number of aromatic nitrogens is 3. The van der Waals surface area contributed by atoms with Crippen LogP contribution in [0.4, 0.5) is 0 Å². The second kappa shape index (κ2) is 4.71. The molecule has 1 N–H and O–H groups in total. The monoisotopic (exact) mass is 199 g/mol. The number of carbonyl (C=O) groups excluding carboxylic acids is 1. The van der Waals surface area contributed by atoms with Gasteiger partial charge in [-0.3, -0.25) is 4.68 Å². The fourth-order valence-electron chi connectivity index (χ4n) is 0.925. The van der Waals surface area contributed by atoms with Crippen molar-refractivity contribution >= 4 is 5.97 Å². The molecule has 1 unspecified atom stereocenters. The minimum Gasteiger partial charge on any atom is -0.464 e. The molecule has 1 atom stereocenters. The normalized spacial score (nSPS) is 12.5. The van der Waals surface area contributed by atoms with Gasteiger partial charge in [-0.15, -0.1) is 5.10 Å². The van der Waals surface area contributed by atoms with Crippen LogP contribution in [-0.4, -0.2) is 39.3 Å². The van der Waals surface area contributed by atoms with Crippen LogP contribution >= 0.6 is 0 Å². The van der Waals surface area contributed by atoms with Crippen LogP contribution in [0.15, 0.2) is 6.20 Å². The van der Waals surface area contributed by atoms with Crippen molar-refractivity contribution in [1.29, 1.82) is 0 Å². The lowest BCUT2D eigenvalue weighted by molar-refractivity contribution is 0.0594. The number of carbonyl (C=O) groups is 1. The van der Waals surface area contributed by atoms with E-state index in [2.05, 4.69) is 15.0 Å². The maximum absolute atomic E-state index is 11.0. The molecule has 14 heavy (non-hydrogen) atoms. The lowest BCUT2D eigenvalue weighted by atomic mass is 10.3. The van der Waals surface area contributed by atoms with Crippen LogP contribution in [0.2, 0.25) is 0 Å². The molecule has 1 aromatic rings. The van der Waals surface area contributed by atoms with Gasteiger partial charge in [0.1, 0.15) is 0 Å². The van der Waals surface area contributed by atoms with Gasteiger partial charge < -0.3 is 9.84 Å². The number of aryl methyl sites for hydroxylation is 1. The quantitative estimate of drug-likeness (QED) is 0.681. The Morgan fingerprint density at radius 1 is 1.79 bits per heavy atom. The summed E-state index contributed by atoms with van der Waals surface area (Å²) in [5, 5.41) is 16.4. The predicted octanol–water partition coefficient (Wildman–Crippen LogP) is -0.164. The lowest BCUT2D eigenvalue weighted by Crippen LogP contribution is -2.07. The summed E-state index contributed by atoms with van der Waals surface area (Å²) in [7, 11) is 1.29. The predicted molar refractivity (Wildman–Crippen MR) is 47.7 cm³/mol. The zero-order valence-electron chi connectivity index (χ0n) is 8.17. The van der Waals surface area contributed by atoms with Crippen LogP contribution in [0.3, 0.4) is 0 Å². The van der Waals surface area contributed by atoms with Gasteiger partial charge in [-0.2, -0.15) is 0 Å². The average Bonchev–Trinajstić information content (AvgIpc) is 2.62. The fraction of sp³-hybridized carbons (Fsp3) is 0.625. The summed E-state index contributed by atoms with van der Waals surface area (Å²) in [6, 6.07) is 0. The number of esters is 1. The summed E-state index contributed by atoms with van der Waals surface area (Å²) in [5.74, 6) is -0.506.